The fourth-order valence-electron chi connectivity index (χ4n) is 4.49. The van der Waals surface area contributed by atoms with Crippen molar-refractivity contribution >= 4 is 23.7 Å². The highest BCUT2D eigenvalue weighted by atomic mass is 16.6. The third-order valence-corrected chi connectivity index (χ3v) is 7.14. The van der Waals surface area contributed by atoms with Gasteiger partial charge in [-0.05, 0) is 43.4 Å². The molecule has 1 aromatic carbocycles. The molecule has 3 rings (SSSR count). The van der Waals surface area contributed by atoms with Crippen LogP contribution in [-0.4, -0.2) is 55.0 Å². The minimum absolute atomic E-state index is 0.0408. The molecule has 1 saturated heterocycles. The first kappa shape index (κ1) is 30.3. The molecule has 39 heavy (non-hydrogen) atoms. The zero-order valence-electron chi connectivity index (χ0n) is 23.5. The van der Waals surface area contributed by atoms with Crippen molar-refractivity contribution in [1.82, 2.24) is 16.0 Å². The van der Waals surface area contributed by atoms with Crippen molar-refractivity contribution in [1.29, 1.82) is 0 Å². The summed E-state index contributed by atoms with van der Waals surface area (Å²) in [5.41, 5.74) is 6.76. The van der Waals surface area contributed by atoms with E-state index in [1.54, 1.807) is 19.9 Å². The molecule has 214 valence electrons. The van der Waals surface area contributed by atoms with Crippen molar-refractivity contribution in [3.05, 3.63) is 47.5 Å². The average molecular weight is 543 g/mol. The quantitative estimate of drug-likeness (QED) is 0.316. The largest absolute Gasteiger partial charge is 0.460 e. The zero-order valence-corrected chi connectivity index (χ0v) is 23.5. The monoisotopic (exact) mass is 542 g/mol. The van der Waals surface area contributed by atoms with Crippen LogP contribution in [0.4, 0.5) is 0 Å². The molecule has 5 N–H and O–H groups in total. The highest BCUT2D eigenvalue weighted by Gasteiger charge is 2.47. The molecule has 2 heterocycles. The minimum atomic E-state index is -0.993. The Morgan fingerprint density at radius 3 is 2.38 bits per heavy atom. The zero-order chi connectivity index (χ0) is 28.7. The smallest absolute Gasteiger partial charge is 0.328 e. The summed E-state index contributed by atoms with van der Waals surface area (Å²) in [4.78, 5) is 51.0. The Bertz CT molecular complexity index is 1070. The minimum Gasteiger partial charge on any atom is -0.460 e. The summed E-state index contributed by atoms with van der Waals surface area (Å²) in [5, 5.41) is 8.04. The number of epoxide rings is 1. The van der Waals surface area contributed by atoms with E-state index in [1.165, 1.54) is 6.08 Å². The second-order valence-corrected chi connectivity index (χ2v) is 11.5. The molecule has 2 aliphatic rings. The number of amides is 3. The van der Waals surface area contributed by atoms with E-state index in [-0.39, 0.29) is 49.5 Å². The number of carbonyl (C=O) groups excluding carboxylic acids is 4. The predicted octanol–water partition coefficient (Wildman–Crippen LogP) is 1.88. The van der Waals surface area contributed by atoms with E-state index in [9.17, 15) is 19.2 Å². The average Bonchev–Trinajstić information content (AvgIpc) is 3.69. The summed E-state index contributed by atoms with van der Waals surface area (Å²) in [6.07, 6.45) is 2.70. The van der Waals surface area contributed by atoms with Crippen molar-refractivity contribution in [2.45, 2.75) is 78.4 Å². The Balaban J connectivity index is 1.82. The van der Waals surface area contributed by atoms with Crippen LogP contribution in [0.3, 0.4) is 0 Å². The van der Waals surface area contributed by atoms with Gasteiger partial charge in [0.15, 0.2) is 0 Å². The first-order valence-corrected chi connectivity index (χ1v) is 13.6. The summed E-state index contributed by atoms with van der Waals surface area (Å²) in [6.45, 7) is 9.52. The highest BCUT2D eigenvalue weighted by molar-refractivity contribution is 5.92. The van der Waals surface area contributed by atoms with E-state index in [0.717, 1.165) is 11.1 Å². The fraction of sp³-hybridized carbons (Fsp3) is 0.586. The van der Waals surface area contributed by atoms with Gasteiger partial charge in [0, 0.05) is 25.4 Å². The van der Waals surface area contributed by atoms with Gasteiger partial charge in [0.05, 0.1) is 18.1 Å². The molecule has 5 atom stereocenters. The van der Waals surface area contributed by atoms with Gasteiger partial charge < -0.3 is 31.2 Å². The maximum Gasteiger partial charge on any atom is 0.328 e. The SMILES string of the molecule is CC(C)C[C@@H]1NC(=O)C(C)(C)CNC(=O)CNC(=O)/C=C/C[C@@H]([C@H](C)[C@H]2O[C@@H]2c2ccc(CN)cc2)OC1=O. The van der Waals surface area contributed by atoms with Gasteiger partial charge in [-0.3, -0.25) is 14.4 Å². The van der Waals surface area contributed by atoms with Crippen LogP contribution in [0.2, 0.25) is 0 Å². The first-order chi connectivity index (χ1) is 18.4. The van der Waals surface area contributed by atoms with Gasteiger partial charge in [-0.1, -0.05) is 51.1 Å². The molecule has 10 nitrogen and oxygen atoms in total. The van der Waals surface area contributed by atoms with Gasteiger partial charge in [-0.15, -0.1) is 0 Å². The molecule has 0 saturated carbocycles. The summed E-state index contributed by atoms with van der Waals surface area (Å²) in [7, 11) is 0. The number of rotatable bonds is 6. The lowest BCUT2D eigenvalue weighted by Gasteiger charge is -2.29. The standard InChI is InChI=1S/C29H42N4O6/c1-17(2)13-21-27(36)38-22(18(3)25-26(39-25)20-11-9-19(14-30)10-12-20)7-6-8-23(34)31-15-24(35)32-16-29(4,5)28(37)33-21/h6,8-12,17-18,21-22,25-26H,7,13-16,30H2,1-5H3,(H,31,34)(H,32,35)(H,33,37)/b8-6+/t18-,21-,22-,25+,26+/m0/s1. The molecular formula is C29H42N4O6. The van der Waals surface area contributed by atoms with E-state index < -0.39 is 35.3 Å². The lowest BCUT2D eigenvalue weighted by atomic mass is 9.91. The van der Waals surface area contributed by atoms with E-state index in [0.29, 0.717) is 13.0 Å². The van der Waals surface area contributed by atoms with Crippen LogP contribution in [0.15, 0.2) is 36.4 Å². The fourth-order valence-corrected chi connectivity index (χ4v) is 4.49. The molecule has 3 amide bonds. The van der Waals surface area contributed by atoms with E-state index in [2.05, 4.69) is 16.0 Å². The van der Waals surface area contributed by atoms with Crippen molar-refractivity contribution in [3.8, 4) is 0 Å². The maximum absolute atomic E-state index is 13.4. The van der Waals surface area contributed by atoms with Gasteiger partial charge in [0.2, 0.25) is 17.7 Å². The third kappa shape index (κ3) is 8.63. The Morgan fingerprint density at radius 1 is 1.05 bits per heavy atom. The summed E-state index contributed by atoms with van der Waals surface area (Å²) < 4.78 is 12.0. The molecule has 0 aliphatic carbocycles. The number of cyclic esters (lactones) is 1. The lowest BCUT2D eigenvalue weighted by molar-refractivity contribution is -0.157. The number of ether oxygens (including phenoxy) is 2. The number of nitrogens with one attached hydrogen (secondary N) is 3. The van der Waals surface area contributed by atoms with Gasteiger partial charge >= 0.3 is 5.97 Å². The van der Waals surface area contributed by atoms with Crippen LogP contribution in [-0.2, 0) is 35.2 Å². The van der Waals surface area contributed by atoms with Gasteiger partial charge in [-0.25, -0.2) is 4.79 Å². The molecule has 10 heteroatoms. The Labute approximate surface area is 230 Å². The third-order valence-electron chi connectivity index (χ3n) is 7.14. The Hall–Kier alpha value is -3.24. The van der Waals surface area contributed by atoms with Crippen molar-refractivity contribution in [3.63, 3.8) is 0 Å². The molecular weight excluding hydrogens is 500 g/mol. The summed E-state index contributed by atoms with van der Waals surface area (Å²) in [6, 6.07) is 7.05. The Morgan fingerprint density at radius 2 is 1.74 bits per heavy atom. The van der Waals surface area contributed by atoms with Crippen molar-refractivity contribution in [2.24, 2.45) is 23.0 Å². The number of hydrogen-bond donors (Lipinski definition) is 4. The van der Waals surface area contributed by atoms with E-state index >= 15 is 0 Å². The van der Waals surface area contributed by atoms with E-state index in [1.807, 2.05) is 45.0 Å². The van der Waals surface area contributed by atoms with Crippen LogP contribution < -0.4 is 21.7 Å². The first-order valence-electron chi connectivity index (χ1n) is 13.6. The second kappa shape index (κ2) is 13.2. The van der Waals surface area contributed by atoms with Crippen molar-refractivity contribution in [2.75, 3.05) is 13.1 Å². The molecule has 0 aromatic heterocycles. The summed E-state index contributed by atoms with van der Waals surface area (Å²) >= 11 is 0. The van der Waals surface area contributed by atoms with Crippen LogP contribution >= 0.6 is 0 Å². The molecule has 0 radical (unpaired) electrons. The number of hydrogen-bond acceptors (Lipinski definition) is 7. The molecule has 2 aliphatic heterocycles. The normalized spacial score (nSPS) is 28.1. The molecule has 0 unspecified atom stereocenters. The van der Waals surface area contributed by atoms with Gasteiger partial charge in [-0.2, -0.15) is 0 Å². The van der Waals surface area contributed by atoms with Crippen LogP contribution in [0.5, 0.6) is 0 Å². The molecule has 1 aromatic rings. The van der Waals surface area contributed by atoms with Gasteiger partial charge in [0.1, 0.15) is 18.2 Å². The number of esters is 1. The van der Waals surface area contributed by atoms with Crippen molar-refractivity contribution < 1.29 is 28.7 Å². The predicted molar refractivity (Wildman–Crippen MR) is 146 cm³/mol. The van der Waals surface area contributed by atoms with Gasteiger partial charge in [0.25, 0.3) is 0 Å². The maximum atomic E-state index is 13.4. The highest BCUT2D eigenvalue weighted by Crippen LogP contribution is 2.45. The second-order valence-electron chi connectivity index (χ2n) is 11.5. The van der Waals surface area contributed by atoms with Crippen LogP contribution in [0, 0.1) is 17.3 Å². The van der Waals surface area contributed by atoms with Crippen LogP contribution in [0.1, 0.15) is 64.7 Å². The van der Waals surface area contributed by atoms with E-state index in [4.69, 9.17) is 15.2 Å². The summed E-state index contributed by atoms with van der Waals surface area (Å²) in [5.74, 6) is -1.85. The van der Waals surface area contributed by atoms with Crippen LogP contribution in [0.25, 0.3) is 0 Å². The Kier molecular flexibility index (Phi) is 10.3. The topological polar surface area (TPSA) is 152 Å². The number of carbonyl (C=O) groups is 4. The number of nitrogens with two attached hydrogens (primary N) is 1. The molecule has 1 fully saturated rings. The lowest BCUT2D eigenvalue weighted by Crippen LogP contribution is -2.52. The molecule has 0 bridgehead atoms. The molecule has 0 spiro atoms. The number of benzene rings is 1.